The van der Waals surface area contributed by atoms with Gasteiger partial charge < -0.3 is 10.1 Å². The first-order valence-corrected chi connectivity index (χ1v) is 8.22. The Morgan fingerprint density at radius 1 is 1.53 bits per heavy atom. The molecular formula is C14H25N3OS. The van der Waals surface area contributed by atoms with Crippen LogP contribution < -0.4 is 10.1 Å². The maximum absolute atomic E-state index is 5.43. The van der Waals surface area contributed by atoms with Crippen molar-refractivity contribution in [3.05, 3.63) is 11.9 Å². The summed E-state index contributed by atoms with van der Waals surface area (Å²) in [5, 5.41) is 8.72. The highest BCUT2D eigenvalue weighted by Crippen LogP contribution is 2.33. The van der Waals surface area contributed by atoms with Gasteiger partial charge >= 0.3 is 0 Å². The summed E-state index contributed by atoms with van der Waals surface area (Å²) in [5.41, 5.74) is 1.16. The van der Waals surface area contributed by atoms with Crippen LogP contribution in [0.2, 0.25) is 0 Å². The Morgan fingerprint density at radius 2 is 2.26 bits per heavy atom. The zero-order valence-electron chi connectivity index (χ0n) is 12.2. The molecule has 2 rings (SSSR count). The van der Waals surface area contributed by atoms with E-state index in [4.69, 9.17) is 4.74 Å². The predicted molar refractivity (Wildman–Crippen MR) is 80.9 cm³/mol. The van der Waals surface area contributed by atoms with Crippen molar-refractivity contribution in [2.75, 3.05) is 19.4 Å². The zero-order valence-corrected chi connectivity index (χ0v) is 13.0. The smallest absolute Gasteiger partial charge is 0.161 e. The third-order valence-electron chi connectivity index (χ3n) is 3.75. The van der Waals surface area contributed by atoms with Gasteiger partial charge in [0, 0.05) is 18.1 Å². The van der Waals surface area contributed by atoms with Gasteiger partial charge in [0.05, 0.1) is 25.0 Å². The molecule has 0 radical (unpaired) electrons. The molecule has 1 aromatic rings. The van der Waals surface area contributed by atoms with Crippen LogP contribution in [0.5, 0.6) is 5.75 Å². The van der Waals surface area contributed by atoms with Crippen LogP contribution in [0.1, 0.15) is 44.3 Å². The van der Waals surface area contributed by atoms with Gasteiger partial charge in [0.15, 0.2) is 5.75 Å². The second-order valence-corrected chi connectivity index (χ2v) is 6.41. The number of aryl methyl sites for hydroxylation is 1. The SMILES string of the molecule is CCNC(CSC1CCCC1)c1c(OC)cnn1C. The van der Waals surface area contributed by atoms with Crippen LogP contribution in [0.3, 0.4) is 0 Å². The quantitative estimate of drug-likeness (QED) is 0.835. The van der Waals surface area contributed by atoms with E-state index in [9.17, 15) is 0 Å². The van der Waals surface area contributed by atoms with E-state index in [-0.39, 0.29) is 0 Å². The number of nitrogens with zero attached hydrogens (tertiary/aromatic N) is 2. The number of ether oxygens (including phenoxy) is 1. The van der Waals surface area contributed by atoms with Crippen LogP contribution in [0.25, 0.3) is 0 Å². The van der Waals surface area contributed by atoms with Crippen LogP contribution in [0.4, 0.5) is 0 Å². The summed E-state index contributed by atoms with van der Waals surface area (Å²) in [6.45, 7) is 3.11. The van der Waals surface area contributed by atoms with E-state index in [0.717, 1.165) is 29.0 Å². The van der Waals surface area contributed by atoms with Gasteiger partial charge in [-0.15, -0.1) is 0 Å². The van der Waals surface area contributed by atoms with Gasteiger partial charge in [-0.1, -0.05) is 19.8 Å². The number of thioether (sulfide) groups is 1. The molecule has 0 bridgehead atoms. The molecule has 0 amide bonds. The van der Waals surface area contributed by atoms with Gasteiger partial charge in [-0.05, 0) is 19.4 Å². The first kappa shape index (κ1) is 14.7. The highest BCUT2D eigenvalue weighted by Gasteiger charge is 2.23. The monoisotopic (exact) mass is 283 g/mol. The van der Waals surface area contributed by atoms with Crippen LogP contribution >= 0.6 is 11.8 Å². The van der Waals surface area contributed by atoms with E-state index in [1.54, 1.807) is 13.3 Å². The zero-order chi connectivity index (χ0) is 13.7. The lowest BCUT2D eigenvalue weighted by Gasteiger charge is -2.21. The van der Waals surface area contributed by atoms with E-state index in [2.05, 4.69) is 29.1 Å². The predicted octanol–water partition coefficient (Wildman–Crippen LogP) is 2.76. The normalized spacial score (nSPS) is 17.8. The third kappa shape index (κ3) is 3.66. The maximum atomic E-state index is 5.43. The minimum absolute atomic E-state index is 0.318. The van der Waals surface area contributed by atoms with Crippen molar-refractivity contribution in [1.82, 2.24) is 15.1 Å². The number of nitrogens with one attached hydrogen (secondary N) is 1. The average molecular weight is 283 g/mol. The van der Waals surface area contributed by atoms with E-state index in [1.165, 1.54) is 25.7 Å². The fourth-order valence-corrected chi connectivity index (χ4v) is 4.16. The third-order valence-corrected chi connectivity index (χ3v) is 5.22. The summed E-state index contributed by atoms with van der Waals surface area (Å²) in [6, 6.07) is 0.318. The minimum atomic E-state index is 0.318. The first-order valence-electron chi connectivity index (χ1n) is 7.17. The molecule has 0 spiro atoms. The van der Waals surface area contributed by atoms with Gasteiger partial charge in [-0.2, -0.15) is 16.9 Å². The standard InChI is InChI=1S/C14H25N3OS/c1-4-15-12(10-19-11-7-5-6-8-11)14-13(18-3)9-16-17(14)2/h9,11-12,15H,4-8,10H2,1-3H3. The molecule has 1 unspecified atom stereocenters. The fourth-order valence-electron chi connectivity index (χ4n) is 2.75. The summed E-state index contributed by atoms with van der Waals surface area (Å²) in [5.74, 6) is 1.98. The van der Waals surface area contributed by atoms with E-state index >= 15 is 0 Å². The second kappa shape index (κ2) is 7.20. The summed E-state index contributed by atoms with van der Waals surface area (Å²) >= 11 is 2.10. The van der Waals surface area contributed by atoms with Crippen molar-refractivity contribution in [3.8, 4) is 5.75 Å². The lowest BCUT2D eigenvalue weighted by Crippen LogP contribution is -2.26. The molecule has 1 N–H and O–H groups in total. The van der Waals surface area contributed by atoms with Crippen molar-refractivity contribution in [2.45, 2.75) is 43.9 Å². The second-order valence-electron chi connectivity index (χ2n) is 5.07. The van der Waals surface area contributed by atoms with Gasteiger partial charge in [0.25, 0.3) is 0 Å². The molecule has 1 aliphatic rings. The molecule has 1 aliphatic carbocycles. The highest BCUT2D eigenvalue weighted by atomic mass is 32.2. The molecule has 0 saturated heterocycles. The molecule has 1 saturated carbocycles. The van der Waals surface area contributed by atoms with Crippen LogP contribution in [-0.4, -0.2) is 34.4 Å². The maximum Gasteiger partial charge on any atom is 0.161 e. The molecule has 1 atom stereocenters. The Hall–Kier alpha value is -0.680. The Kier molecular flexibility index (Phi) is 5.58. The molecular weight excluding hydrogens is 258 g/mol. The lowest BCUT2D eigenvalue weighted by molar-refractivity contribution is 0.399. The van der Waals surface area contributed by atoms with Gasteiger partial charge in [0.1, 0.15) is 0 Å². The summed E-state index contributed by atoms with van der Waals surface area (Å²) in [6.07, 6.45) is 7.37. The van der Waals surface area contributed by atoms with Crippen LogP contribution in [0.15, 0.2) is 6.20 Å². The molecule has 1 heterocycles. The average Bonchev–Trinajstić information content (AvgIpc) is 3.04. The number of aromatic nitrogens is 2. The first-order chi connectivity index (χ1) is 9.26. The number of methoxy groups -OCH3 is 1. The number of hydrogen-bond donors (Lipinski definition) is 1. The van der Waals surface area contributed by atoms with E-state index in [0.29, 0.717) is 6.04 Å². The van der Waals surface area contributed by atoms with Crippen molar-refractivity contribution in [3.63, 3.8) is 0 Å². The fraction of sp³-hybridized carbons (Fsp3) is 0.786. The summed E-state index contributed by atoms with van der Waals surface area (Å²) < 4.78 is 7.36. The molecule has 0 aliphatic heterocycles. The van der Waals surface area contributed by atoms with Crippen LogP contribution in [0, 0.1) is 0 Å². The molecule has 1 aromatic heterocycles. The summed E-state index contributed by atoms with van der Waals surface area (Å²) in [7, 11) is 3.70. The molecule has 4 nitrogen and oxygen atoms in total. The molecule has 108 valence electrons. The molecule has 1 fully saturated rings. The highest BCUT2D eigenvalue weighted by molar-refractivity contribution is 7.99. The largest absolute Gasteiger partial charge is 0.493 e. The lowest BCUT2D eigenvalue weighted by atomic mass is 10.2. The summed E-state index contributed by atoms with van der Waals surface area (Å²) in [4.78, 5) is 0. The van der Waals surface area contributed by atoms with Crippen molar-refractivity contribution in [2.24, 2.45) is 7.05 Å². The number of hydrogen-bond acceptors (Lipinski definition) is 4. The van der Waals surface area contributed by atoms with Crippen molar-refractivity contribution < 1.29 is 4.74 Å². The van der Waals surface area contributed by atoms with Gasteiger partial charge in [0.2, 0.25) is 0 Å². The molecule has 0 aromatic carbocycles. The number of rotatable bonds is 7. The topological polar surface area (TPSA) is 39.1 Å². The molecule has 5 heteroatoms. The van der Waals surface area contributed by atoms with E-state index in [1.807, 2.05) is 11.7 Å². The Balaban J connectivity index is 2.03. The van der Waals surface area contributed by atoms with Crippen LogP contribution in [-0.2, 0) is 7.05 Å². The van der Waals surface area contributed by atoms with E-state index < -0.39 is 0 Å². The Morgan fingerprint density at radius 3 is 2.89 bits per heavy atom. The minimum Gasteiger partial charge on any atom is -0.493 e. The Bertz CT molecular complexity index is 388. The Labute approximate surface area is 120 Å². The van der Waals surface area contributed by atoms with Crippen molar-refractivity contribution in [1.29, 1.82) is 0 Å². The van der Waals surface area contributed by atoms with Gasteiger partial charge in [-0.25, -0.2) is 0 Å². The van der Waals surface area contributed by atoms with Crippen molar-refractivity contribution >= 4 is 11.8 Å². The molecule has 19 heavy (non-hydrogen) atoms. The van der Waals surface area contributed by atoms with Gasteiger partial charge in [-0.3, -0.25) is 4.68 Å².